The van der Waals surface area contributed by atoms with Crippen LogP contribution in [0.15, 0.2) is 30.9 Å². The molecule has 0 aromatic heterocycles. The fraction of sp³-hybridized carbons (Fsp3) is 0.476. The van der Waals surface area contributed by atoms with E-state index in [1.807, 2.05) is 11.4 Å². The molecule has 0 unspecified atom stereocenters. The smallest absolute Gasteiger partial charge is 0.352 e. The molecule has 1 aromatic rings. The van der Waals surface area contributed by atoms with Crippen LogP contribution < -0.4 is 15.5 Å². The van der Waals surface area contributed by atoms with Crippen LogP contribution in [-0.2, 0) is 16.0 Å². The van der Waals surface area contributed by atoms with Crippen LogP contribution in [0.1, 0.15) is 48.0 Å². The summed E-state index contributed by atoms with van der Waals surface area (Å²) in [5.41, 5.74) is 2.13. The molecule has 6 nitrogen and oxygen atoms in total. The van der Waals surface area contributed by atoms with E-state index in [0.717, 1.165) is 24.1 Å². The van der Waals surface area contributed by atoms with Gasteiger partial charge in [-0.25, -0.2) is 0 Å². The zero-order chi connectivity index (χ0) is 22.1. The van der Waals surface area contributed by atoms with E-state index >= 15 is 0 Å². The number of amides is 3. The minimum atomic E-state index is -4.85. The number of benzene rings is 1. The molecule has 9 heteroatoms. The van der Waals surface area contributed by atoms with Crippen LogP contribution in [0.2, 0.25) is 0 Å². The van der Waals surface area contributed by atoms with Crippen LogP contribution in [0.25, 0.3) is 0 Å². The number of rotatable bonds is 9. The lowest BCUT2D eigenvalue weighted by molar-refractivity contribution is -0.173. The molecule has 0 bridgehead atoms. The van der Waals surface area contributed by atoms with Gasteiger partial charge in [0.15, 0.2) is 0 Å². The molecule has 1 aliphatic heterocycles. The van der Waals surface area contributed by atoms with Crippen molar-refractivity contribution < 1.29 is 27.6 Å². The van der Waals surface area contributed by atoms with Crippen molar-refractivity contribution in [3.63, 3.8) is 0 Å². The fourth-order valence-corrected chi connectivity index (χ4v) is 3.38. The molecule has 1 heterocycles. The van der Waals surface area contributed by atoms with Crippen molar-refractivity contribution in [2.24, 2.45) is 0 Å². The molecule has 0 atom stereocenters. The highest BCUT2D eigenvalue weighted by molar-refractivity contribution is 6.04. The van der Waals surface area contributed by atoms with Crippen molar-refractivity contribution in [3.8, 4) is 0 Å². The maximum absolute atomic E-state index is 12.6. The number of hydrogen-bond acceptors (Lipinski definition) is 3. The lowest BCUT2D eigenvalue weighted by Gasteiger charge is -2.29. The Balaban J connectivity index is 1.75. The minimum absolute atomic E-state index is 0.0270. The van der Waals surface area contributed by atoms with Crippen LogP contribution in [0.4, 0.5) is 18.9 Å². The first kappa shape index (κ1) is 23.4. The zero-order valence-corrected chi connectivity index (χ0v) is 16.7. The molecule has 0 aliphatic carbocycles. The van der Waals surface area contributed by atoms with Gasteiger partial charge in [0.2, 0.25) is 5.91 Å². The van der Waals surface area contributed by atoms with Crippen molar-refractivity contribution in [1.82, 2.24) is 10.6 Å². The largest absolute Gasteiger partial charge is 0.471 e. The van der Waals surface area contributed by atoms with E-state index in [4.69, 9.17) is 0 Å². The first-order valence-corrected chi connectivity index (χ1v) is 9.94. The number of carbonyl (C=O) groups is 3. The Morgan fingerprint density at radius 2 is 1.73 bits per heavy atom. The van der Waals surface area contributed by atoms with Crippen LogP contribution in [-0.4, -0.2) is 43.5 Å². The van der Waals surface area contributed by atoms with E-state index in [2.05, 4.69) is 11.9 Å². The molecule has 2 rings (SSSR count). The number of halogens is 3. The normalized spacial score (nSPS) is 13.4. The van der Waals surface area contributed by atoms with E-state index in [9.17, 15) is 27.6 Å². The van der Waals surface area contributed by atoms with E-state index < -0.39 is 12.1 Å². The van der Waals surface area contributed by atoms with Crippen molar-refractivity contribution in [1.29, 1.82) is 0 Å². The Kier molecular flexibility index (Phi) is 8.44. The second kappa shape index (κ2) is 10.8. The molecule has 2 N–H and O–H groups in total. The molecule has 0 fully saturated rings. The predicted octanol–water partition coefficient (Wildman–Crippen LogP) is 3.12. The van der Waals surface area contributed by atoms with Gasteiger partial charge in [0.25, 0.3) is 5.91 Å². The van der Waals surface area contributed by atoms with Gasteiger partial charge in [-0.1, -0.05) is 25.5 Å². The summed E-state index contributed by atoms with van der Waals surface area (Å²) in [6.45, 7) is 4.52. The van der Waals surface area contributed by atoms with E-state index in [1.165, 1.54) is 6.08 Å². The van der Waals surface area contributed by atoms with Gasteiger partial charge in [-0.15, -0.1) is 0 Å². The lowest BCUT2D eigenvalue weighted by Crippen LogP contribution is -2.37. The number of anilines is 1. The summed E-state index contributed by atoms with van der Waals surface area (Å²) in [6, 6.07) is 5.31. The second-order valence-electron chi connectivity index (χ2n) is 7.02. The van der Waals surface area contributed by atoms with E-state index in [1.54, 1.807) is 17.0 Å². The Hall–Kier alpha value is -2.84. The molecule has 0 radical (unpaired) electrons. The maximum Gasteiger partial charge on any atom is 0.471 e. The summed E-state index contributed by atoms with van der Waals surface area (Å²) in [5, 5.41) is 4.69. The fourth-order valence-electron chi connectivity index (χ4n) is 3.38. The van der Waals surface area contributed by atoms with Crippen molar-refractivity contribution in [2.75, 3.05) is 24.5 Å². The van der Waals surface area contributed by atoms with Gasteiger partial charge in [-0.3, -0.25) is 14.4 Å². The molecule has 1 aliphatic rings. The molecule has 1 aromatic carbocycles. The zero-order valence-electron chi connectivity index (χ0n) is 16.7. The number of alkyl halides is 3. The Morgan fingerprint density at radius 3 is 2.37 bits per heavy atom. The molecule has 164 valence electrons. The van der Waals surface area contributed by atoms with Gasteiger partial charge in [0.05, 0.1) is 0 Å². The quantitative estimate of drug-likeness (QED) is 0.471. The van der Waals surface area contributed by atoms with Gasteiger partial charge in [-0.05, 0) is 49.5 Å². The number of hydrogen-bond donors (Lipinski definition) is 2. The first-order chi connectivity index (χ1) is 14.3. The summed E-state index contributed by atoms with van der Waals surface area (Å²) >= 11 is 0. The van der Waals surface area contributed by atoms with Gasteiger partial charge < -0.3 is 15.5 Å². The molecular weight excluding hydrogens is 399 g/mol. The average molecular weight is 425 g/mol. The highest BCUT2D eigenvalue weighted by Crippen LogP contribution is 2.30. The summed E-state index contributed by atoms with van der Waals surface area (Å²) in [5.74, 6) is -2.33. The standard InChI is InChI=1S/C21H26F3N3O3/c1-2-18(28)27-14-8-10-15-16(9-7-11-17(15)27)19(29)25-12-5-3-4-6-13-26-20(30)21(22,23)24/h2,7,9,11H,1,3-6,8,10,12-14H2,(H,25,29)(H,26,30). The molecule has 0 saturated heterocycles. The van der Waals surface area contributed by atoms with Crippen LogP contribution >= 0.6 is 0 Å². The summed E-state index contributed by atoms with van der Waals surface area (Å²) < 4.78 is 36.1. The molecular formula is C21H26F3N3O3. The van der Waals surface area contributed by atoms with Gasteiger partial charge in [0, 0.05) is 30.9 Å². The molecule has 0 saturated carbocycles. The summed E-state index contributed by atoms with van der Waals surface area (Å²) in [4.78, 5) is 36.9. The van der Waals surface area contributed by atoms with Gasteiger partial charge >= 0.3 is 12.1 Å². The molecule has 0 spiro atoms. The van der Waals surface area contributed by atoms with Gasteiger partial charge in [0.1, 0.15) is 0 Å². The second-order valence-corrected chi connectivity index (χ2v) is 7.02. The highest BCUT2D eigenvalue weighted by Gasteiger charge is 2.38. The van der Waals surface area contributed by atoms with E-state index in [0.29, 0.717) is 44.3 Å². The lowest BCUT2D eigenvalue weighted by atomic mass is 9.95. The number of unbranched alkanes of at least 4 members (excludes halogenated alkanes) is 3. The van der Waals surface area contributed by atoms with E-state index in [-0.39, 0.29) is 18.4 Å². The third-order valence-electron chi connectivity index (χ3n) is 4.87. The molecule has 3 amide bonds. The number of nitrogens with one attached hydrogen (secondary N) is 2. The van der Waals surface area contributed by atoms with Crippen molar-refractivity contribution >= 4 is 23.4 Å². The van der Waals surface area contributed by atoms with Crippen LogP contribution in [0, 0.1) is 0 Å². The summed E-state index contributed by atoms with van der Waals surface area (Å²) in [6.07, 6.45) is 0.368. The third kappa shape index (κ3) is 6.33. The van der Waals surface area contributed by atoms with Crippen LogP contribution in [0.5, 0.6) is 0 Å². The Labute approximate surface area is 173 Å². The number of carbonyl (C=O) groups excluding carboxylic acids is 3. The third-order valence-corrected chi connectivity index (χ3v) is 4.87. The monoisotopic (exact) mass is 425 g/mol. The topological polar surface area (TPSA) is 78.5 Å². The van der Waals surface area contributed by atoms with Gasteiger partial charge in [-0.2, -0.15) is 13.2 Å². The first-order valence-electron chi connectivity index (χ1n) is 9.94. The maximum atomic E-state index is 12.6. The number of fused-ring (bicyclic) bond motifs is 1. The summed E-state index contributed by atoms with van der Waals surface area (Å²) in [7, 11) is 0. The Bertz CT molecular complexity index is 793. The SMILES string of the molecule is C=CC(=O)N1CCCc2c(C(=O)NCCCCCCNC(=O)C(F)(F)F)cccc21. The van der Waals surface area contributed by atoms with Crippen molar-refractivity contribution in [3.05, 3.63) is 42.0 Å². The highest BCUT2D eigenvalue weighted by atomic mass is 19.4. The minimum Gasteiger partial charge on any atom is -0.352 e. The average Bonchev–Trinajstić information content (AvgIpc) is 2.73. The van der Waals surface area contributed by atoms with Crippen LogP contribution in [0.3, 0.4) is 0 Å². The van der Waals surface area contributed by atoms with Crippen molar-refractivity contribution in [2.45, 2.75) is 44.7 Å². The predicted molar refractivity (Wildman–Crippen MR) is 107 cm³/mol. The number of nitrogens with zero attached hydrogens (tertiary/aromatic N) is 1. The Morgan fingerprint density at radius 1 is 1.07 bits per heavy atom. The molecule has 30 heavy (non-hydrogen) atoms.